The minimum absolute atomic E-state index is 0.109. The molecule has 0 saturated carbocycles. The van der Waals surface area contributed by atoms with Crippen LogP contribution < -0.4 is 5.32 Å². The molecule has 1 atom stereocenters. The molecule has 0 fully saturated rings. The molecule has 1 amide bonds. The van der Waals surface area contributed by atoms with Crippen LogP contribution in [0.1, 0.15) is 12.0 Å². The fourth-order valence-electron chi connectivity index (χ4n) is 1.98. The van der Waals surface area contributed by atoms with E-state index in [0.29, 0.717) is 12.2 Å². The van der Waals surface area contributed by atoms with Gasteiger partial charge in [0, 0.05) is 10.6 Å². The maximum absolute atomic E-state index is 11.8. The summed E-state index contributed by atoms with van der Waals surface area (Å²) >= 11 is 1.55. The molecule has 0 aliphatic heterocycles. The van der Waals surface area contributed by atoms with E-state index in [1.54, 1.807) is 11.8 Å². The Morgan fingerprint density at radius 2 is 1.67 bits per heavy atom. The molecule has 0 aliphatic carbocycles. The second kappa shape index (κ2) is 9.62. The van der Waals surface area contributed by atoms with E-state index in [-0.39, 0.29) is 6.61 Å². The zero-order valence-corrected chi connectivity index (χ0v) is 13.9. The molecule has 2 aromatic rings. The van der Waals surface area contributed by atoms with Gasteiger partial charge < -0.3 is 15.2 Å². The van der Waals surface area contributed by atoms with Gasteiger partial charge in [-0.05, 0) is 24.1 Å². The van der Waals surface area contributed by atoms with Crippen LogP contribution in [0.5, 0.6) is 0 Å². The summed E-state index contributed by atoms with van der Waals surface area (Å²) in [5.41, 5.74) is 0.846. The molecule has 126 valence electrons. The van der Waals surface area contributed by atoms with E-state index < -0.39 is 18.1 Å². The van der Waals surface area contributed by atoms with Crippen molar-refractivity contribution in [3.63, 3.8) is 0 Å². The Morgan fingerprint density at radius 1 is 1.04 bits per heavy atom. The predicted molar refractivity (Wildman–Crippen MR) is 93.0 cm³/mol. The summed E-state index contributed by atoms with van der Waals surface area (Å²) in [6.07, 6.45) is -0.411. The number of alkyl carbamates (subject to hydrolysis) is 1. The number of ether oxygens (including phenoxy) is 1. The molecule has 0 saturated heterocycles. The van der Waals surface area contributed by atoms with Crippen molar-refractivity contribution >= 4 is 23.8 Å². The zero-order valence-electron chi connectivity index (χ0n) is 13.1. The van der Waals surface area contributed by atoms with Crippen molar-refractivity contribution in [1.29, 1.82) is 0 Å². The first kappa shape index (κ1) is 17.9. The number of carbonyl (C=O) groups is 2. The fourth-order valence-corrected chi connectivity index (χ4v) is 2.91. The Labute approximate surface area is 145 Å². The van der Waals surface area contributed by atoms with Crippen LogP contribution >= 0.6 is 11.8 Å². The summed E-state index contributed by atoms with van der Waals surface area (Å²) in [5, 5.41) is 11.6. The second-order valence-corrected chi connectivity index (χ2v) is 6.22. The molecule has 6 heteroatoms. The summed E-state index contributed by atoms with van der Waals surface area (Å²) in [6.45, 7) is 0.109. The van der Waals surface area contributed by atoms with Gasteiger partial charge in [0.15, 0.2) is 0 Å². The Hall–Kier alpha value is -2.47. The molecule has 0 heterocycles. The monoisotopic (exact) mass is 345 g/mol. The van der Waals surface area contributed by atoms with Gasteiger partial charge in [-0.15, -0.1) is 11.8 Å². The van der Waals surface area contributed by atoms with Crippen LogP contribution in [0.15, 0.2) is 65.6 Å². The SMILES string of the molecule is O=C(NC(CCSc1ccccc1)C(=O)O)OCc1ccccc1. The fraction of sp³-hybridized carbons (Fsp3) is 0.222. The lowest BCUT2D eigenvalue weighted by Crippen LogP contribution is -2.41. The van der Waals surface area contributed by atoms with Crippen molar-refractivity contribution in [2.24, 2.45) is 0 Å². The summed E-state index contributed by atoms with van der Waals surface area (Å²) in [7, 11) is 0. The smallest absolute Gasteiger partial charge is 0.408 e. The van der Waals surface area contributed by atoms with Crippen molar-refractivity contribution in [1.82, 2.24) is 5.32 Å². The van der Waals surface area contributed by atoms with E-state index in [4.69, 9.17) is 4.74 Å². The normalized spacial score (nSPS) is 11.5. The van der Waals surface area contributed by atoms with Crippen LogP contribution in [0.3, 0.4) is 0 Å². The Balaban J connectivity index is 1.75. The van der Waals surface area contributed by atoms with Gasteiger partial charge in [-0.3, -0.25) is 0 Å². The van der Waals surface area contributed by atoms with Gasteiger partial charge in [-0.1, -0.05) is 48.5 Å². The van der Waals surface area contributed by atoms with E-state index in [1.165, 1.54) is 0 Å². The topological polar surface area (TPSA) is 75.6 Å². The van der Waals surface area contributed by atoms with Gasteiger partial charge >= 0.3 is 12.1 Å². The number of benzene rings is 2. The van der Waals surface area contributed by atoms with Crippen LogP contribution in [0, 0.1) is 0 Å². The molecule has 0 aliphatic rings. The third-order valence-corrected chi connectivity index (χ3v) is 4.27. The molecule has 0 radical (unpaired) electrons. The lowest BCUT2D eigenvalue weighted by molar-refractivity contribution is -0.139. The molecule has 0 bridgehead atoms. The number of hydrogen-bond donors (Lipinski definition) is 2. The zero-order chi connectivity index (χ0) is 17.2. The molecule has 2 rings (SSSR count). The molecule has 24 heavy (non-hydrogen) atoms. The van der Waals surface area contributed by atoms with E-state index in [2.05, 4.69) is 5.32 Å². The first-order valence-electron chi connectivity index (χ1n) is 7.53. The molecule has 2 N–H and O–H groups in total. The van der Waals surface area contributed by atoms with E-state index in [0.717, 1.165) is 10.5 Å². The first-order chi connectivity index (χ1) is 11.6. The lowest BCUT2D eigenvalue weighted by Gasteiger charge is -2.14. The molecule has 2 aromatic carbocycles. The molecular formula is C18H19NO4S. The van der Waals surface area contributed by atoms with E-state index >= 15 is 0 Å². The highest BCUT2D eigenvalue weighted by Crippen LogP contribution is 2.18. The standard InChI is InChI=1S/C18H19NO4S/c20-17(21)16(11-12-24-15-9-5-2-6-10-15)19-18(22)23-13-14-7-3-1-4-8-14/h1-10,16H,11-13H2,(H,19,22)(H,20,21). The van der Waals surface area contributed by atoms with E-state index in [1.807, 2.05) is 60.7 Å². The third kappa shape index (κ3) is 6.34. The van der Waals surface area contributed by atoms with Crippen LogP contribution in [-0.4, -0.2) is 29.0 Å². The number of carbonyl (C=O) groups excluding carboxylic acids is 1. The van der Waals surface area contributed by atoms with Gasteiger partial charge in [0.2, 0.25) is 0 Å². The highest BCUT2D eigenvalue weighted by Gasteiger charge is 2.20. The van der Waals surface area contributed by atoms with Crippen LogP contribution in [0.4, 0.5) is 4.79 Å². The third-order valence-electron chi connectivity index (χ3n) is 3.22. The maximum atomic E-state index is 11.8. The first-order valence-corrected chi connectivity index (χ1v) is 8.51. The minimum atomic E-state index is -1.07. The van der Waals surface area contributed by atoms with Crippen molar-refractivity contribution in [2.75, 3.05) is 5.75 Å². The Morgan fingerprint density at radius 3 is 2.29 bits per heavy atom. The van der Waals surface area contributed by atoms with Gasteiger partial charge in [0.05, 0.1) is 0 Å². The van der Waals surface area contributed by atoms with Crippen molar-refractivity contribution in [3.05, 3.63) is 66.2 Å². The number of amides is 1. The van der Waals surface area contributed by atoms with Crippen LogP contribution in [-0.2, 0) is 16.1 Å². The average Bonchev–Trinajstić information content (AvgIpc) is 2.61. The van der Waals surface area contributed by atoms with Crippen molar-refractivity contribution < 1.29 is 19.4 Å². The predicted octanol–water partition coefficient (Wildman–Crippen LogP) is 3.55. The summed E-state index contributed by atoms with van der Waals surface area (Å²) in [4.78, 5) is 24.1. The molecule has 1 unspecified atom stereocenters. The molecular weight excluding hydrogens is 326 g/mol. The quantitative estimate of drug-likeness (QED) is 0.716. The Bertz CT molecular complexity index is 649. The minimum Gasteiger partial charge on any atom is -0.480 e. The summed E-state index contributed by atoms with van der Waals surface area (Å²) in [6, 6.07) is 18.0. The summed E-state index contributed by atoms with van der Waals surface area (Å²) < 4.78 is 5.05. The van der Waals surface area contributed by atoms with Crippen LogP contribution in [0.2, 0.25) is 0 Å². The molecule has 5 nitrogen and oxygen atoms in total. The largest absolute Gasteiger partial charge is 0.480 e. The number of nitrogens with one attached hydrogen (secondary N) is 1. The summed E-state index contributed by atoms with van der Waals surface area (Å²) in [5.74, 6) is -0.486. The lowest BCUT2D eigenvalue weighted by atomic mass is 10.2. The van der Waals surface area contributed by atoms with Gasteiger partial charge in [0.25, 0.3) is 0 Å². The number of carboxylic acid groups (broad SMARTS) is 1. The Kier molecular flexibility index (Phi) is 7.17. The van der Waals surface area contributed by atoms with Crippen molar-refractivity contribution in [2.45, 2.75) is 24.0 Å². The van der Waals surface area contributed by atoms with Crippen LogP contribution in [0.25, 0.3) is 0 Å². The number of rotatable bonds is 8. The molecule has 0 spiro atoms. The average molecular weight is 345 g/mol. The van der Waals surface area contributed by atoms with E-state index in [9.17, 15) is 14.7 Å². The highest BCUT2D eigenvalue weighted by atomic mass is 32.2. The van der Waals surface area contributed by atoms with Gasteiger partial charge in [0.1, 0.15) is 12.6 Å². The number of thioether (sulfide) groups is 1. The number of aliphatic carboxylic acids is 1. The second-order valence-electron chi connectivity index (χ2n) is 5.05. The maximum Gasteiger partial charge on any atom is 0.408 e. The van der Waals surface area contributed by atoms with Gasteiger partial charge in [-0.2, -0.15) is 0 Å². The number of carboxylic acids is 1. The highest BCUT2D eigenvalue weighted by molar-refractivity contribution is 7.99. The van der Waals surface area contributed by atoms with Gasteiger partial charge in [-0.25, -0.2) is 9.59 Å². The van der Waals surface area contributed by atoms with Crippen molar-refractivity contribution in [3.8, 4) is 0 Å². The molecule has 0 aromatic heterocycles. The number of hydrogen-bond acceptors (Lipinski definition) is 4.